The number of benzene rings is 1. The summed E-state index contributed by atoms with van der Waals surface area (Å²) in [6, 6.07) is 10.4. The highest BCUT2D eigenvalue weighted by Gasteiger charge is 1.94. The fourth-order valence-corrected chi connectivity index (χ4v) is 1.40. The summed E-state index contributed by atoms with van der Waals surface area (Å²) in [6.45, 7) is 7.36. The molecule has 17 heavy (non-hydrogen) atoms. The molecule has 0 aromatic heterocycles. The Morgan fingerprint density at radius 3 is 2.53 bits per heavy atom. The zero-order valence-corrected chi connectivity index (χ0v) is 10.8. The third-order valence-electron chi connectivity index (χ3n) is 2.26. The van der Waals surface area contributed by atoms with Crippen molar-refractivity contribution in [1.82, 2.24) is 5.32 Å². The highest BCUT2D eigenvalue weighted by molar-refractivity contribution is 5.20. The molecule has 0 saturated heterocycles. The van der Waals surface area contributed by atoms with Gasteiger partial charge in [0.25, 0.3) is 0 Å². The van der Waals surface area contributed by atoms with Gasteiger partial charge in [0, 0.05) is 12.6 Å². The molecule has 0 bridgehead atoms. The summed E-state index contributed by atoms with van der Waals surface area (Å²) in [5.41, 5.74) is 0. The van der Waals surface area contributed by atoms with Gasteiger partial charge >= 0.3 is 0 Å². The Hall–Kier alpha value is -1.06. The van der Waals surface area contributed by atoms with E-state index in [9.17, 15) is 0 Å². The van der Waals surface area contributed by atoms with Gasteiger partial charge in [-0.1, -0.05) is 32.0 Å². The molecule has 3 nitrogen and oxygen atoms in total. The van der Waals surface area contributed by atoms with Crippen molar-refractivity contribution in [3.05, 3.63) is 30.3 Å². The molecule has 0 heterocycles. The largest absolute Gasteiger partial charge is 0.491 e. The van der Waals surface area contributed by atoms with Crippen molar-refractivity contribution in [3.8, 4) is 5.75 Å². The monoisotopic (exact) mass is 237 g/mol. The molecule has 0 aliphatic carbocycles. The van der Waals surface area contributed by atoms with Crippen LogP contribution in [0.15, 0.2) is 30.3 Å². The molecule has 0 radical (unpaired) electrons. The highest BCUT2D eigenvalue weighted by atomic mass is 16.5. The molecule has 0 atom stereocenters. The van der Waals surface area contributed by atoms with Crippen LogP contribution in [0.25, 0.3) is 0 Å². The van der Waals surface area contributed by atoms with Gasteiger partial charge in [-0.05, 0) is 25.1 Å². The molecule has 0 saturated carbocycles. The molecule has 0 aliphatic heterocycles. The van der Waals surface area contributed by atoms with E-state index in [4.69, 9.17) is 9.47 Å². The van der Waals surface area contributed by atoms with Crippen LogP contribution in [0.1, 0.15) is 20.3 Å². The first-order valence-corrected chi connectivity index (χ1v) is 6.28. The van der Waals surface area contributed by atoms with Crippen LogP contribution in [0.3, 0.4) is 0 Å². The van der Waals surface area contributed by atoms with E-state index in [1.165, 1.54) is 0 Å². The second-order valence-electron chi connectivity index (χ2n) is 4.24. The number of nitrogens with one attached hydrogen (secondary N) is 1. The molecule has 3 heteroatoms. The van der Waals surface area contributed by atoms with E-state index in [2.05, 4.69) is 19.2 Å². The molecule has 96 valence electrons. The zero-order chi connectivity index (χ0) is 12.3. The predicted octanol–water partition coefficient (Wildman–Crippen LogP) is 2.47. The summed E-state index contributed by atoms with van der Waals surface area (Å²) in [5.74, 6) is 0.901. The van der Waals surface area contributed by atoms with Crippen molar-refractivity contribution in [3.63, 3.8) is 0 Å². The first-order valence-electron chi connectivity index (χ1n) is 6.28. The number of ether oxygens (including phenoxy) is 2. The van der Waals surface area contributed by atoms with Crippen LogP contribution in [0, 0.1) is 0 Å². The predicted molar refractivity (Wildman–Crippen MR) is 70.5 cm³/mol. The standard InChI is InChI=1S/C14H23NO2/c1-13(2)15-9-6-10-16-11-12-17-14-7-4-3-5-8-14/h3-5,7-8,13,15H,6,9-12H2,1-2H3. The van der Waals surface area contributed by atoms with Crippen LogP contribution in [-0.2, 0) is 4.74 Å². The first-order chi connectivity index (χ1) is 8.29. The van der Waals surface area contributed by atoms with Gasteiger partial charge in [0.1, 0.15) is 12.4 Å². The highest BCUT2D eigenvalue weighted by Crippen LogP contribution is 2.07. The van der Waals surface area contributed by atoms with E-state index in [1.807, 2.05) is 30.3 Å². The molecule has 0 amide bonds. The van der Waals surface area contributed by atoms with Crippen molar-refractivity contribution in [1.29, 1.82) is 0 Å². The third-order valence-corrected chi connectivity index (χ3v) is 2.26. The van der Waals surface area contributed by atoms with E-state index in [-0.39, 0.29) is 0 Å². The minimum absolute atomic E-state index is 0.552. The van der Waals surface area contributed by atoms with E-state index in [0.717, 1.165) is 25.3 Å². The topological polar surface area (TPSA) is 30.5 Å². The first kappa shape index (κ1) is 14.0. The fourth-order valence-electron chi connectivity index (χ4n) is 1.40. The van der Waals surface area contributed by atoms with E-state index >= 15 is 0 Å². The smallest absolute Gasteiger partial charge is 0.119 e. The van der Waals surface area contributed by atoms with E-state index < -0.39 is 0 Å². The Morgan fingerprint density at radius 1 is 1.06 bits per heavy atom. The van der Waals surface area contributed by atoms with Gasteiger partial charge in [-0.3, -0.25) is 0 Å². The summed E-state index contributed by atoms with van der Waals surface area (Å²) in [5, 5.41) is 3.35. The molecular weight excluding hydrogens is 214 g/mol. The van der Waals surface area contributed by atoms with Crippen molar-refractivity contribution in [2.24, 2.45) is 0 Å². The van der Waals surface area contributed by atoms with Gasteiger partial charge < -0.3 is 14.8 Å². The van der Waals surface area contributed by atoms with Crippen LogP contribution in [0.4, 0.5) is 0 Å². The molecule has 0 fully saturated rings. The number of rotatable bonds is 9. The fraction of sp³-hybridized carbons (Fsp3) is 0.571. The zero-order valence-electron chi connectivity index (χ0n) is 10.8. The number of hydrogen-bond acceptors (Lipinski definition) is 3. The molecule has 1 N–H and O–H groups in total. The van der Waals surface area contributed by atoms with Crippen LogP contribution in [0.2, 0.25) is 0 Å². The SMILES string of the molecule is CC(C)NCCCOCCOc1ccccc1. The van der Waals surface area contributed by atoms with Crippen LogP contribution >= 0.6 is 0 Å². The van der Waals surface area contributed by atoms with Crippen molar-refractivity contribution >= 4 is 0 Å². The lowest BCUT2D eigenvalue weighted by Gasteiger charge is -2.09. The molecule has 1 aromatic rings. The third kappa shape index (κ3) is 7.77. The molecule has 0 unspecified atom stereocenters. The van der Waals surface area contributed by atoms with Crippen molar-refractivity contribution < 1.29 is 9.47 Å². The maximum absolute atomic E-state index is 5.51. The second kappa shape index (κ2) is 9.02. The molecule has 1 aromatic carbocycles. The maximum Gasteiger partial charge on any atom is 0.119 e. The Morgan fingerprint density at radius 2 is 1.82 bits per heavy atom. The molecule has 1 rings (SSSR count). The van der Waals surface area contributed by atoms with Gasteiger partial charge in [0.2, 0.25) is 0 Å². The summed E-state index contributed by atoms with van der Waals surface area (Å²) in [6.07, 6.45) is 1.05. The van der Waals surface area contributed by atoms with Gasteiger partial charge in [0.05, 0.1) is 6.61 Å². The Balaban J connectivity index is 1.88. The van der Waals surface area contributed by atoms with Crippen LogP contribution in [0.5, 0.6) is 5.75 Å². The Kier molecular flexibility index (Phi) is 7.43. The summed E-state index contributed by atoms with van der Waals surface area (Å²) in [4.78, 5) is 0. The lowest BCUT2D eigenvalue weighted by atomic mass is 10.3. The van der Waals surface area contributed by atoms with E-state index in [0.29, 0.717) is 19.3 Å². The lowest BCUT2D eigenvalue weighted by Crippen LogP contribution is -2.24. The van der Waals surface area contributed by atoms with Gasteiger partial charge in [0.15, 0.2) is 0 Å². The van der Waals surface area contributed by atoms with Crippen molar-refractivity contribution in [2.45, 2.75) is 26.3 Å². The summed E-state index contributed by atoms with van der Waals surface area (Å²) < 4.78 is 11.0. The molecular formula is C14H23NO2. The Labute approximate surface area is 104 Å². The average molecular weight is 237 g/mol. The Bertz CT molecular complexity index is 275. The maximum atomic E-state index is 5.51. The normalized spacial score (nSPS) is 10.8. The average Bonchev–Trinajstić information content (AvgIpc) is 2.33. The number of para-hydroxylation sites is 1. The number of hydrogen-bond donors (Lipinski definition) is 1. The molecule has 0 aliphatic rings. The van der Waals surface area contributed by atoms with Gasteiger partial charge in [-0.2, -0.15) is 0 Å². The van der Waals surface area contributed by atoms with Crippen molar-refractivity contribution in [2.75, 3.05) is 26.4 Å². The summed E-state index contributed by atoms with van der Waals surface area (Å²) >= 11 is 0. The van der Waals surface area contributed by atoms with Gasteiger partial charge in [-0.15, -0.1) is 0 Å². The van der Waals surface area contributed by atoms with E-state index in [1.54, 1.807) is 0 Å². The second-order valence-corrected chi connectivity index (χ2v) is 4.24. The van der Waals surface area contributed by atoms with Crippen LogP contribution < -0.4 is 10.1 Å². The minimum Gasteiger partial charge on any atom is -0.491 e. The minimum atomic E-state index is 0.552. The van der Waals surface area contributed by atoms with Crippen LogP contribution in [-0.4, -0.2) is 32.4 Å². The quantitative estimate of drug-likeness (QED) is 0.669. The molecule has 0 spiro atoms. The van der Waals surface area contributed by atoms with Gasteiger partial charge in [-0.25, -0.2) is 0 Å². The summed E-state index contributed by atoms with van der Waals surface area (Å²) in [7, 11) is 0. The lowest BCUT2D eigenvalue weighted by molar-refractivity contribution is 0.0981.